The van der Waals surface area contributed by atoms with Gasteiger partial charge >= 0.3 is 5.97 Å². The van der Waals surface area contributed by atoms with Crippen LogP contribution in [-0.4, -0.2) is 23.7 Å². The summed E-state index contributed by atoms with van der Waals surface area (Å²) in [5.41, 5.74) is 0.835. The maximum absolute atomic E-state index is 13.4. The summed E-state index contributed by atoms with van der Waals surface area (Å²) in [5.74, 6) is -1.29. The number of piperidine rings is 1. The van der Waals surface area contributed by atoms with Gasteiger partial charge in [0.05, 0.1) is 5.56 Å². The molecule has 0 radical (unpaired) electrons. The molecule has 1 aromatic carbocycles. The third kappa shape index (κ3) is 2.82. The molecule has 2 N–H and O–H groups in total. The second-order valence-corrected chi connectivity index (χ2v) is 4.65. The van der Waals surface area contributed by atoms with Crippen LogP contribution < -0.4 is 5.32 Å². The fraction of sp³-hybridized carbons (Fsp3) is 0.462. The van der Waals surface area contributed by atoms with Crippen molar-refractivity contribution >= 4 is 5.97 Å². The van der Waals surface area contributed by atoms with E-state index < -0.39 is 11.8 Å². The highest BCUT2D eigenvalue weighted by atomic mass is 19.1. The van der Waals surface area contributed by atoms with E-state index in [4.69, 9.17) is 5.11 Å². The van der Waals surface area contributed by atoms with Gasteiger partial charge in [-0.05, 0) is 56.0 Å². The number of benzene rings is 1. The van der Waals surface area contributed by atoms with Crippen molar-refractivity contribution in [2.24, 2.45) is 0 Å². The topological polar surface area (TPSA) is 49.3 Å². The van der Waals surface area contributed by atoms with E-state index in [0.29, 0.717) is 6.04 Å². The number of rotatable bonds is 2. The monoisotopic (exact) mass is 237 g/mol. The number of nitrogens with one attached hydrogen (secondary N) is 1. The molecule has 1 aliphatic rings. The molecule has 0 spiro atoms. The van der Waals surface area contributed by atoms with Crippen molar-refractivity contribution in [3.63, 3.8) is 0 Å². The smallest absolute Gasteiger partial charge is 0.335 e. The molecular formula is C13H16FNO2. The number of carboxylic acids is 1. The van der Waals surface area contributed by atoms with Crippen LogP contribution in [0.25, 0.3) is 0 Å². The Morgan fingerprint density at radius 3 is 2.88 bits per heavy atom. The highest BCUT2D eigenvalue weighted by molar-refractivity contribution is 5.87. The molecular weight excluding hydrogens is 221 g/mol. The minimum Gasteiger partial charge on any atom is -0.478 e. The summed E-state index contributed by atoms with van der Waals surface area (Å²) in [5, 5.41) is 12.2. The fourth-order valence-corrected chi connectivity index (χ4v) is 2.41. The average Bonchev–Trinajstić information content (AvgIpc) is 2.28. The molecule has 0 aliphatic carbocycles. The lowest BCUT2D eigenvalue weighted by Crippen LogP contribution is -2.34. The standard InChI is InChI=1S/C13H16FNO2/c1-8-4-9(2-3-15-8)10-5-11(13(16)17)7-12(14)6-10/h5-9,15H,2-4H2,1H3,(H,16,17)/t8-,9-/m1/s1. The first-order chi connectivity index (χ1) is 8.06. The van der Waals surface area contributed by atoms with E-state index in [1.807, 2.05) is 0 Å². The van der Waals surface area contributed by atoms with E-state index >= 15 is 0 Å². The molecule has 1 aromatic rings. The van der Waals surface area contributed by atoms with E-state index in [1.54, 1.807) is 6.07 Å². The van der Waals surface area contributed by atoms with Crippen LogP contribution in [0.1, 0.15) is 41.6 Å². The second-order valence-electron chi connectivity index (χ2n) is 4.65. The number of aromatic carboxylic acids is 1. The number of hydrogen-bond donors (Lipinski definition) is 2. The van der Waals surface area contributed by atoms with Crippen molar-refractivity contribution in [3.05, 3.63) is 35.1 Å². The van der Waals surface area contributed by atoms with E-state index in [9.17, 15) is 9.18 Å². The van der Waals surface area contributed by atoms with E-state index in [-0.39, 0.29) is 11.5 Å². The van der Waals surface area contributed by atoms with Gasteiger partial charge in [0.15, 0.2) is 0 Å². The quantitative estimate of drug-likeness (QED) is 0.830. The molecule has 2 rings (SSSR count). The first-order valence-electron chi connectivity index (χ1n) is 5.83. The van der Waals surface area contributed by atoms with Crippen molar-refractivity contribution in [3.8, 4) is 0 Å². The number of carbonyl (C=O) groups is 1. The van der Waals surface area contributed by atoms with Gasteiger partial charge in [-0.15, -0.1) is 0 Å². The van der Waals surface area contributed by atoms with Crippen LogP contribution in [0.15, 0.2) is 18.2 Å². The third-order valence-electron chi connectivity index (χ3n) is 3.26. The van der Waals surface area contributed by atoms with E-state index in [2.05, 4.69) is 12.2 Å². The maximum Gasteiger partial charge on any atom is 0.335 e. The number of halogens is 1. The molecule has 0 unspecified atom stereocenters. The summed E-state index contributed by atoms with van der Waals surface area (Å²) in [6.07, 6.45) is 1.84. The lowest BCUT2D eigenvalue weighted by molar-refractivity contribution is 0.0696. The van der Waals surface area contributed by atoms with Crippen LogP contribution in [-0.2, 0) is 0 Å². The Hall–Kier alpha value is -1.42. The highest BCUT2D eigenvalue weighted by Crippen LogP contribution is 2.28. The molecule has 17 heavy (non-hydrogen) atoms. The average molecular weight is 237 g/mol. The first-order valence-corrected chi connectivity index (χ1v) is 5.83. The Kier molecular flexibility index (Phi) is 3.43. The molecule has 1 saturated heterocycles. The molecule has 0 saturated carbocycles. The summed E-state index contributed by atoms with van der Waals surface area (Å²) in [6.45, 7) is 2.98. The summed E-state index contributed by atoms with van der Waals surface area (Å²) in [4.78, 5) is 10.9. The highest BCUT2D eigenvalue weighted by Gasteiger charge is 2.21. The zero-order valence-electron chi connectivity index (χ0n) is 9.74. The van der Waals surface area contributed by atoms with Crippen LogP contribution in [0.3, 0.4) is 0 Å². The lowest BCUT2D eigenvalue weighted by atomic mass is 9.86. The minimum atomic E-state index is -1.08. The number of carboxylic acid groups (broad SMARTS) is 1. The molecule has 2 atom stereocenters. The molecule has 3 nitrogen and oxygen atoms in total. The van der Waals surface area contributed by atoms with Crippen molar-refractivity contribution in [2.45, 2.75) is 31.7 Å². The van der Waals surface area contributed by atoms with Crippen molar-refractivity contribution < 1.29 is 14.3 Å². The summed E-state index contributed by atoms with van der Waals surface area (Å²) in [7, 11) is 0. The van der Waals surface area contributed by atoms with Gasteiger partial charge < -0.3 is 10.4 Å². The molecule has 4 heteroatoms. The normalized spacial score (nSPS) is 24.6. The second kappa shape index (κ2) is 4.84. The van der Waals surface area contributed by atoms with Crippen LogP contribution >= 0.6 is 0 Å². The van der Waals surface area contributed by atoms with Crippen LogP contribution in [0.4, 0.5) is 4.39 Å². The Labute approximate surface area is 99.7 Å². The van der Waals surface area contributed by atoms with Gasteiger partial charge in [-0.2, -0.15) is 0 Å². The van der Waals surface area contributed by atoms with E-state index in [1.165, 1.54) is 6.07 Å². The SMILES string of the molecule is C[C@@H]1C[C@H](c2cc(F)cc(C(=O)O)c2)CCN1. The third-order valence-corrected chi connectivity index (χ3v) is 3.26. The molecule has 92 valence electrons. The summed E-state index contributed by atoms with van der Waals surface area (Å²) < 4.78 is 13.4. The molecule has 0 amide bonds. The van der Waals surface area contributed by atoms with Crippen molar-refractivity contribution in [2.75, 3.05) is 6.54 Å². The van der Waals surface area contributed by atoms with Crippen LogP contribution in [0.2, 0.25) is 0 Å². The van der Waals surface area contributed by atoms with Crippen molar-refractivity contribution in [1.29, 1.82) is 0 Å². The van der Waals surface area contributed by atoms with Gasteiger partial charge in [-0.25, -0.2) is 9.18 Å². The zero-order chi connectivity index (χ0) is 12.4. The molecule has 1 heterocycles. The largest absolute Gasteiger partial charge is 0.478 e. The van der Waals surface area contributed by atoms with Crippen LogP contribution in [0.5, 0.6) is 0 Å². The van der Waals surface area contributed by atoms with Gasteiger partial charge in [0.1, 0.15) is 5.82 Å². The fourth-order valence-electron chi connectivity index (χ4n) is 2.41. The molecule has 1 fully saturated rings. The Bertz CT molecular complexity index is 433. The molecule has 1 aliphatic heterocycles. The Morgan fingerprint density at radius 2 is 2.24 bits per heavy atom. The minimum absolute atomic E-state index is 0.0335. The van der Waals surface area contributed by atoms with Gasteiger partial charge in [0.2, 0.25) is 0 Å². The lowest BCUT2D eigenvalue weighted by Gasteiger charge is -2.28. The Morgan fingerprint density at radius 1 is 1.47 bits per heavy atom. The predicted molar refractivity (Wildman–Crippen MR) is 62.8 cm³/mol. The molecule has 0 bridgehead atoms. The summed E-state index contributed by atoms with van der Waals surface area (Å²) >= 11 is 0. The van der Waals surface area contributed by atoms with Gasteiger partial charge in [0, 0.05) is 6.04 Å². The molecule has 0 aromatic heterocycles. The van der Waals surface area contributed by atoms with E-state index in [0.717, 1.165) is 31.0 Å². The van der Waals surface area contributed by atoms with Crippen LogP contribution in [0, 0.1) is 5.82 Å². The Balaban J connectivity index is 2.28. The van der Waals surface area contributed by atoms with Gasteiger partial charge in [-0.1, -0.05) is 0 Å². The number of hydrogen-bond acceptors (Lipinski definition) is 2. The van der Waals surface area contributed by atoms with Gasteiger partial charge in [0.25, 0.3) is 0 Å². The maximum atomic E-state index is 13.4. The van der Waals surface area contributed by atoms with Gasteiger partial charge in [-0.3, -0.25) is 0 Å². The first kappa shape index (κ1) is 12.0. The summed E-state index contributed by atoms with van der Waals surface area (Å²) in [6, 6.07) is 4.50. The zero-order valence-corrected chi connectivity index (χ0v) is 9.74. The van der Waals surface area contributed by atoms with Crippen molar-refractivity contribution in [1.82, 2.24) is 5.32 Å². The predicted octanol–water partition coefficient (Wildman–Crippen LogP) is 2.38.